The van der Waals surface area contributed by atoms with Gasteiger partial charge in [0.1, 0.15) is 17.3 Å². The third kappa shape index (κ3) is 4.77. The molecule has 7 rings (SSSR count). The molecule has 1 saturated heterocycles. The van der Waals surface area contributed by atoms with Gasteiger partial charge < -0.3 is 24.5 Å². The first-order valence-electron chi connectivity index (χ1n) is 14.3. The van der Waals surface area contributed by atoms with Gasteiger partial charge in [-0.25, -0.2) is 18.1 Å². The summed E-state index contributed by atoms with van der Waals surface area (Å²) in [6.07, 6.45) is 1.82. The lowest BCUT2D eigenvalue weighted by Crippen LogP contribution is -2.46. The van der Waals surface area contributed by atoms with E-state index < -0.39 is 28.8 Å². The van der Waals surface area contributed by atoms with Crippen molar-refractivity contribution in [1.82, 2.24) is 24.6 Å². The van der Waals surface area contributed by atoms with Gasteiger partial charge >= 0.3 is 6.61 Å². The normalized spacial score (nSPS) is 22.3. The number of pyridine rings is 1. The number of imidazole rings is 1. The third-order valence-corrected chi connectivity index (χ3v) is 10.0. The van der Waals surface area contributed by atoms with Gasteiger partial charge in [-0.15, -0.1) is 0 Å². The summed E-state index contributed by atoms with van der Waals surface area (Å²) in [5.41, 5.74) is 3.14. The average molecular weight is 626 g/mol. The highest BCUT2D eigenvalue weighted by molar-refractivity contribution is 7.89. The molecule has 14 heteroatoms. The van der Waals surface area contributed by atoms with Gasteiger partial charge in [0.2, 0.25) is 10.0 Å². The molecule has 44 heavy (non-hydrogen) atoms. The lowest BCUT2D eigenvalue weighted by atomic mass is 9.88. The van der Waals surface area contributed by atoms with E-state index in [1.54, 1.807) is 6.92 Å². The maximum atomic E-state index is 13.7. The number of alkyl halides is 2. The van der Waals surface area contributed by atoms with Gasteiger partial charge in [-0.3, -0.25) is 9.78 Å². The van der Waals surface area contributed by atoms with Gasteiger partial charge in [0.15, 0.2) is 0 Å². The summed E-state index contributed by atoms with van der Waals surface area (Å²) in [4.78, 5) is 22.7. The van der Waals surface area contributed by atoms with Gasteiger partial charge in [0.25, 0.3) is 5.91 Å². The molecular formula is C30H29F2N5O6S. The molecule has 0 radical (unpaired) electrons. The van der Waals surface area contributed by atoms with Crippen molar-refractivity contribution in [3.05, 3.63) is 71.3 Å². The minimum Gasteiger partial charge on any atom is -0.506 e. The molecule has 0 spiro atoms. The van der Waals surface area contributed by atoms with Crippen molar-refractivity contribution in [3.63, 3.8) is 0 Å². The first-order valence-corrected chi connectivity index (χ1v) is 16.0. The molecule has 3 aliphatic heterocycles. The van der Waals surface area contributed by atoms with Gasteiger partial charge in [-0.1, -0.05) is 19.1 Å². The van der Waals surface area contributed by atoms with E-state index in [1.807, 2.05) is 28.8 Å². The van der Waals surface area contributed by atoms with Crippen LogP contribution < -0.4 is 14.8 Å². The maximum Gasteiger partial charge on any atom is 0.387 e. The molecule has 2 aromatic carbocycles. The van der Waals surface area contributed by atoms with Crippen LogP contribution in [0.3, 0.4) is 0 Å². The number of halogens is 2. The van der Waals surface area contributed by atoms with E-state index in [1.165, 1.54) is 24.4 Å². The largest absolute Gasteiger partial charge is 0.506 e. The molecule has 5 heterocycles. The Labute approximate surface area is 251 Å². The fraction of sp³-hybridized carbons (Fsp3) is 0.367. The van der Waals surface area contributed by atoms with E-state index in [0.29, 0.717) is 35.5 Å². The molecule has 4 aromatic rings. The number of carbonyl (C=O) groups is 1. The van der Waals surface area contributed by atoms with Crippen LogP contribution in [0.1, 0.15) is 65.2 Å². The summed E-state index contributed by atoms with van der Waals surface area (Å²) in [6, 6.07) is 10.9. The highest BCUT2D eigenvalue weighted by Crippen LogP contribution is 2.50. The molecule has 230 valence electrons. The Kier molecular flexibility index (Phi) is 7.02. The van der Waals surface area contributed by atoms with Crippen LogP contribution in [-0.4, -0.2) is 65.6 Å². The van der Waals surface area contributed by atoms with Crippen molar-refractivity contribution in [2.24, 2.45) is 0 Å². The molecule has 1 fully saturated rings. The van der Waals surface area contributed by atoms with Gasteiger partial charge in [0.05, 0.1) is 53.2 Å². The summed E-state index contributed by atoms with van der Waals surface area (Å²) in [5, 5.41) is 14.2. The average Bonchev–Trinajstić information content (AvgIpc) is 3.45. The van der Waals surface area contributed by atoms with Crippen LogP contribution in [-0.2, 0) is 14.8 Å². The van der Waals surface area contributed by atoms with Crippen LogP contribution in [0, 0.1) is 0 Å². The number of fused-ring (bicyclic) bond motifs is 9. The molecule has 0 aliphatic carbocycles. The topological polar surface area (TPSA) is 145 Å². The van der Waals surface area contributed by atoms with Crippen LogP contribution in [0.2, 0.25) is 0 Å². The van der Waals surface area contributed by atoms with Crippen molar-refractivity contribution < 1.29 is 36.6 Å². The summed E-state index contributed by atoms with van der Waals surface area (Å²) >= 11 is 0. The Balaban J connectivity index is 1.31. The van der Waals surface area contributed by atoms with Crippen molar-refractivity contribution in [2.45, 2.75) is 50.5 Å². The van der Waals surface area contributed by atoms with E-state index in [-0.39, 0.29) is 59.4 Å². The van der Waals surface area contributed by atoms with E-state index in [9.17, 15) is 27.1 Å². The standard InChI is InChI=1S/C30H29F2N5O6S/c1-2-9-44(40,41)34-13-24-17(14-42-24)27-22(38)10-15(12-33-27)25-23(43-30(31)32)8-7-16-26(25)21-11-19(36-29(16)39)28-35-18-5-3-4-6-20(18)37(21)28/h3-8,10,12,17,19,21,24,30,34,38H,2,9,11,13-14H2,1H3,(H,36,39)/t17?,19-,21-,24?/m1/s1. The SMILES string of the molecule is CCCS(=O)(=O)NCC1OCC1c1ncc(-c2c(OC(F)F)ccc3c2[C@H]2C[C@@H](NC3=O)c3nc4ccccc4n32)cc1O. The Bertz CT molecular complexity index is 1900. The number of rotatable bonds is 9. The minimum atomic E-state index is -3.45. The first kappa shape index (κ1) is 28.6. The monoisotopic (exact) mass is 625 g/mol. The summed E-state index contributed by atoms with van der Waals surface area (Å²) in [6.45, 7) is -1.13. The molecule has 3 aliphatic rings. The van der Waals surface area contributed by atoms with Crippen LogP contribution in [0.15, 0.2) is 48.7 Å². The molecule has 1 amide bonds. The number of hydrogen-bond acceptors (Lipinski definition) is 8. The summed E-state index contributed by atoms with van der Waals surface area (Å²) in [5.74, 6) is -0.476. The van der Waals surface area contributed by atoms with Crippen LogP contribution in [0.5, 0.6) is 11.5 Å². The number of hydrogen-bond donors (Lipinski definition) is 3. The lowest BCUT2D eigenvalue weighted by Gasteiger charge is -2.36. The van der Waals surface area contributed by atoms with Crippen molar-refractivity contribution >= 4 is 27.0 Å². The highest BCUT2D eigenvalue weighted by Gasteiger charge is 2.43. The second-order valence-corrected chi connectivity index (χ2v) is 13.1. The molecule has 2 aromatic heterocycles. The Morgan fingerprint density at radius 3 is 2.80 bits per heavy atom. The second-order valence-electron chi connectivity index (χ2n) is 11.2. The number of aromatic hydroxyl groups is 1. The quantitative estimate of drug-likeness (QED) is 0.253. The minimum absolute atomic E-state index is 0.0108. The number of ether oxygens (including phenoxy) is 2. The second kappa shape index (κ2) is 10.8. The zero-order valence-electron chi connectivity index (χ0n) is 23.5. The number of para-hydroxylation sites is 2. The number of amides is 1. The Hall–Kier alpha value is -4.14. The van der Waals surface area contributed by atoms with Gasteiger partial charge in [-0.05, 0) is 48.7 Å². The first-order chi connectivity index (χ1) is 21.1. The van der Waals surface area contributed by atoms with E-state index in [0.717, 1.165) is 11.0 Å². The summed E-state index contributed by atoms with van der Waals surface area (Å²) < 4.78 is 66.7. The third-order valence-electron chi connectivity index (χ3n) is 8.47. The Morgan fingerprint density at radius 1 is 1.25 bits per heavy atom. The maximum absolute atomic E-state index is 13.7. The van der Waals surface area contributed by atoms with Crippen molar-refractivity contribution in [1.29, 1.82) is 0 Å². The molecule has 2 unspecified atom stereocenters. The van der Waals surface area contributed by atoms with Crippen LogP contribution in [0.4, 0.5) is 8.78 Å². The molecule has 3 N–H and O–H groups in total. The smallest absolute Gasteiger partial charge is 0.387 e. The number of aromatic nitrogens is 3. The van der Waals surface area contributed by atoms with Crippen molar-refractivity contribution in [2.75, 3.05) is 18.9 Å². The number of carbonyl (C=O) groups excluding carboxylic acids is 1. The molecule has 4 atom stereocenters. The van der Waals surface area contributed by atoms with E-state index in [4.69, 9.17) is 14.5 Å². The fourth-order valence-electron chi connectivity index (χ4n) is 6.53. The van der Waals surface area contributed by atoms with Gasteiger partial charge in [0, 0.05) is 29.4 Å². The van der Waals surface area contributed by atoms with Crippen LogP contribution in [0.25, 0.3) is 22.2 Å². The predicted molar refractivity (Wildman–Crippen MR) is 155 cm³/mol. The van der Waals surface area contributed by atoms with Crippen molar-refractivity contribution in [3.8, 4) is 22.6 Å². The lowest BCUT2D eigenvalue weighted by molar-refractivity contribution is -0.0740. The van der Waals surface area contributed by atoms with E-state index in [2.05, 4.69) is 15.0 Å². The number of benzene rings is 2. The molecule has 2 bridgehead atoms. The van der Waals surface area contributed by atoms with E-state index >= 15 is 0 Å². The molecule has 11 nitrogen and oxygen atoms in total. The number of nitrogens with zero attached hydrogens (tertiary/aromatic N) is 3. The summed E-state index contributed by atoms with van der Waals surface area (Å²) in [7, 11) is -3.45. The molecule has 0 saturated carbocycles. The highest BCUT2D eigenvalue weighted by atomic mass is 32.2. The van der Waals surface area contributed by atoms with Gasteiger partial charge in [-0.2, -0.15) is 8.78 Å². The Morgan fingerprint density at radius 2 is 2.07 bits per heavy atom. The number of nitrogens with one attached hydrogen (secondary N) is 2. The predicted octanol–water partition coefficient (Wildman–Crippen LogP) is 3.99. The van der Waals surface area contributed by atoms with Crippen LogP contribution >= 0.6 is 0 Å². The fourth-order valence-corrected chi connectivity index (χ4v) is 7.63. The zero-order chi connectivity index (χ0) is 30.7. The zero-order valence-corrected chi connectivity index (χ0v) is 24.4. The molecular weight excluding hydrogens is 596 g/mol. The number of sulfonamides is 1.